The third-order valence-electron chi connectivity index (χ3n) is 2.79. The number of hydrogen-bond donors (Lipinski definition) is 1. The number of amides is 1. The number of carbonyl (C=O) groups excluding carboxylic acids is 1. The van der Waals surface area contributed by atoms with Gasteiger partial charge in [-0.3, -0.25) is 4.79 Å². The number of anilines is 1. The second kappa shape index (κ2) is 7.04. The smallest absolute Gasteiger partial charge is 0.239 e. The number of carbonyl (C=O) groups is 1. The summed E-state index contributed by atoms with van der Waals surface area (Å²) in [5.74, 6) is -1.85. The van der Waals surface area contributed by atoms with Crippen LogP contribution in [0.25, 0.3) is 0 Å². The maximum Gasteiger partial charge on any atom is 0.239 e. The summed E-state index contributed by atoms with van der Waals surface area (Å²) < 4.78 is 36.4. The van der Waals surface area contributed by atoms with Gasteiger partial charge >= 0.3 is 0 Å². The summed E-state index contributed by atoms with van der Waals surface area (Å²) in [4.78, 5) is 11.7. The van der Waals surface area contributed by atoms with Gasteiger partial charge in [-0.05, 0) is 24.1 Å². The first-order valence-corrected chi connectivity index (χ1v) is 8.38. The first kappa shape index (κ1) is 16.9. The molecule has 1 amide bonds. The Morgan fingerprint density at radius 3 is 2.65 bits per heavy atom. The molecule has 0 bridgehead atoms. The second-order valence-corrected chi connectivity index (χ2v) is 7.26. The largest absolute Gasteiger partial charge is 0.324 e. The molecule has 112 valence electrons. The van der Waals surface area contributed by atoms with Crippen LogP contribution in [0.1, 0.15) is 20.3 Å². The third-order valence-corrected chi connectivity index (χ3v) is 4.88. The van der Waals surface area contributed by atoms with Crippen molar-refractivity contribution in [1.82, 2.24) is 0 Å². The molecule has 0 aliphatic carbocycles. The molecule has 0 fully saturated rings. The van der Waals surface area contributed by atoms with Crippen LogP contribution in [0.3, 0.4) is 0 Å². The highest BCUT2D eigenvalue weighted by molar-refractivity contribution is 7.92. The molecule has 1 rings (SSSR count). The van der Waals surface area contributed by atoms with Crippen molar-refractivity contribution >= 4 is 33.0 Å². The van der Waals surface area contributed by atoms with E-state index in [0.717, 1.165) is 18.6 Å². The molecule has 4 nitrogen and oxygen atoms in total. The average Bonchev–Trinajstić information content (AvgIpc) is 2.31. The number of halogens is 2. The molecule has 0 radical (unpaired) electrons. The molecule has 0 heterocycles. The predicted molar refractivity (Wildman–Crippen MR) is 78.1 cm³/mol. The lowest BCUT2D eigenvalue weighted by atomic mass is 10.2. The first-order chi connectivity index (χ1) is 9.23. The van der Waals surface area contributed by atoms with E-state index in [-0.39, 0.29) is 22.4 Å². The molecule has 0 aliphatic rings. The Hall–Kier alpha value is -1.14. The molecule has 1 N–H and O–H groups in total. The van der Waals surface area contributed by atoms with Crippen LogP contribution in [-0.4, -0.2) is 25.8 Å². The van der Waals surface area contributed by atoms with Crippen LogP contribution < -0.4 is 5.32 Å². The van der Waals surface area contributed by atoms with Gasteiger partial charge in [0.2, 0.25) is 5.91 Å². The van der Waals surface area contributed by atoms with Gasteiger partial charge in [-0.1, -0.05) is 31.9 Å². The average molecular weight is 322 g/mol. The molecule has 1 aromatic carbocycles. The van der Waals surface area contributed by atoms with Gasteiger partial charge in [-0.2, -0.15) is 0 Å². The predicted octanol–water partition coefficient (Wildman–Crippen LogP) is 2.88. The minimum atomic E-state index is -3.46. The highest BCUT2D eigenvalue weighted by Gasteiger charge is 2.20. The molecule has 0 aromatic heterocycles. The quantitative estimate of drug-likeness (QED) is 0.876. The Morgan fingerprint density at radius 2 is 2.10 bits per heavy atom. The lowest BCUT2D eigenvalue weighted by Crippen LogP contribution is -2.26. The number of sulfone groups is 1. The summed E-state index contributed by atoms with van der Waals surface area (Å²) in [5.41, 5.74) is 0.191. The van der Waals surface area contributed by atoms with E-state index >= 15 is 0 Å². The Bertz CT molecular complexity index is 589. The van der Waals surface area contributed by atoms with Crippen LogP contribution in [0.15, 0.2) is 18.2 Å². The van der Waals surface area contributed by atoms with E-state index in [9.17, 15) is 17.6 Å². The van der Waals surface area contributed by atoms with Crippen LogP contribution in [0.4, 0.5) is 10.1 Å². The molecule has 20 heavy (non-hydrogen) atoms. The molecule has 0 aliphatic heterocycles. The molecule has 7 heteroatoms. The van der Waals surface area contributed by atoms with Crippen LogP contribution in [0, 0.1) is 11.7 Å². The molecule has 0 spiro atoms. The summed E-state index contributed by atoms with van der Waals surface area (Å²) in [6, 6.07) is 3.47. The summed E-state index contributed by atoms with van der Waals surface area (Å²) in [6.07, 6.45) is 0.727. The fourth-order valence-electron chi connectivity index (χ4n) is 1.59. The van der Waals surface area contributed by atoms with E-state index in [1.807, 2.05) is 13.8 Å². The maximum absolute atomic E-state index is 12.8. The summed E-state index contributed by atoms with van der Waals surface area (Å²) in [5, 5.41) is 2.39. The van der Waals surface area contributed by atoms with Crippen LogP contribution in [0.2, 0.25) is 5.02 Å². The molecule has 1 aromatic rings. The molecule has 1 atom stereocenters. The number of hydrogen-bond acceptors (Lipinski definition) is 3. The molecule has 0 saturated heterocycles. The number of benzene rings is 1. The lowest BCUT2D eigenvalue weighted by molar-refractivity contribution is -0.113. The minimum absolute atomic E-state index is 0.00205. The monoisotopic (exact) mass is 321 g/mol. The van der Waals surface area contributed by atoms with E-state index in [2.05, 4.69) is 5.32 Å². The zero-order valence-corrected chi connectivity index (χ0v) is 12.9. The van der Waals surface area contributed by atoms with Crippen molar-refractivity contribution in [3.05, 3.63) is 29.0 Å². The SMILES string of the molecule is CC[C@H](C)CS(=O)(=O)CC(=O)Nc1ccc(F)cc1Cl. The normalized spacial score (nSPS) is 13.0. The van der Waals surface area contributed by atoms with Crippen molar-refractivity contribution in [2.24, 2.45) is 5.92 Å². The van der Waals surface area contributed by atoms with Crippen molar-refractivity contribution in [3.63, 3.8) is 0 Å². The first-order valence-electron chi connectivity index (χ1n) is 6.19. The second-order valence-electron chi connectivity index (χ2n) is 4.74. The van der Waals surface area contributed by atoms with Crippen LogP contribution in [0.5, 0.6) is 0 Å². The van der Waals surface area contributed by atoms with Gasteiger partial charge in [0.25, 0.3) is 0 Å². The zero-order valence-electron chi connectivity index (χ0n) is 11.3. The summed E-state index contributed by atoms with van der Waals surface area (Å²) in [6.45, 7) is 3.70. The van der Waals surface area contributed by atoms with E-state index < -0.39 is 27.3 Å². The zero-order chi connectivity index (χ0) is 15.3. The van der Waals surface area contributed by atoms with Gasteiger partial charge in [0, 0.05) is 0 Å². The van der Waals surface area contributed by atoms with Crippen molar-refractivity contribution in [2.75, 3.05) is 16.8 Å². The fourth-order valence-corrected chi connectivity index (χ4v) is 3.49. The van der Waals surface area contributed by atoms with E-state index in [1.54, 1.807) is 0 Å². The Labute approximate surface area is 123 Å². The standard InChI is InChI=1S/C13H17ClFNO3S/c1-3-9(2)7-20(18,19)8-13(17)16-12-5-4-10(15)6-11(12)14/h4-6,9H,3,7-8H2,1-2H3,(H,16,17)/t9-/m0/s1. The highest BCUT2D eigenvalue weighted by atomic mass is 35.5. The van der Waals surface area contributed by atoms with Gasteiger partial charge in [-0.15, -0.1) is 0 Å². The molecule has 0 unspecified atom stereocenters. The molecular formula is C13H17ClFNO3S. The Kier molecular flexibility index (Phi) is 5.95. The Balaban J connectivity index is 2.68. The molecule has 0 saturated carbocycles. The van der Waals surface area contributed by atoms with Crippen LogP contribution >= 0.6 is 11.6 Å². The van der Waals surface area contributed by atoms with Gasteiger partial charge in [-0.25, -0.2) is 12.8 Å². The van der Waals surface area contributed by atoms with Gasteiger partial charge in [0.1, 0.15) is 11.6 Å². The Morgan fingerprint density at radius 1 is 1.45 bits per heavy atom. The van der Waals surface area contributed by atoms with Crippen molar-refractivity contribution in [2.45, 2.75) is 20.3 Å². The van der Waals surface area contributed by atoms with Gasteiger partial charge < -0.3 is 5.32 Å². The highest BCUT2D eigenvalue weighted by Crippen LogP contribution is 2.22. The van der Waals surface area contributed by atoms with Crippen molar-refractivity contribution in [1.29, 1.82) is 0 Å². The summed E-state index contributed by atoms with van der Waals surface area (Å²) >= 11 is 5.75. The van der Waals surface area contributed by atoms with Gasteiger partial charge in [0.05, 0.1) is 16.5 Å². The topological polar surface area (TPSA) is 63.2 Å². The number of nitrogens with one attached hydrogen (secondary N) is 1. The van der Waals surface area contributed by atoms with Crippen LogP contribution in [-0.2, 0) is 14.6 Å². The fraction of sp³-hybridized carbons (Fsp3) is 0.462. The molecular weight excluding hydrogens is 305 g/mol. The lowest BCUT2D eigenvalue weighted by Gasteiger charge is -2.10. The van der Waals surface area contributed by atoms with E-state index in [1.165, 1.54) is 6.07 Å². The minimum Gasteiger partial charge on any atom is -0.324 e. The number of rotatable bonds is 6. The van der Waals surface area contributed by atoms with Crippen molar-refractivity contribution < 1.29 is 17.6 Å². The third kappa shape index (κ3) is 5.46. The van der Waals surface area contributed by atoms with Crippen molar-refractivity contribution in [3.8, 4) is 0 Å². The summed E-state index contributed by atoms with van der Waals surface area (Å²) in [7, 11) is -3.46. The van der Waals surface area contributed by atoms with E-state index in [4.69, 9.17) is 11.6 Å². The van der Waals surface area contributed by atoms with Gasteiger partial charge in [0.15, 0.2) is 9.84 Å². The maximum atomic E-state index is 12.8. The van der Waals surface area contributed by atoms with E-state index in [0.29, 0.717) is 0 Å².